The summed E-state index contributed by atoms with van der Waals surface area (Å²) in [5.74, 6) is 1.30. The maximum Gasteiger partial charge on any atom is 0.229 e. The van der Waals surface area contributed by atoms with Crippen LogP contribution in [-0.2, 0) is 11.2 Å². The Morgan fingerprint density at radius 3 is 2.59 bits per heavy atom. The van der Waals surface area contributed by atoms with E-state index in [0.717, 1.165) is 24.2 Å². The molecule has 1 saturated heterocycles. The highest BCUT2D eigenvalue weighted by Gasteiger charge is 2.28. The molecule has 27 heavy (non-hydrogen) atoms. The average molecular weight is 360 g/mol. The molecule has 3 heterocycles. The van der Waals surface area contributed by atoms with Gasteiger partial charge in [0.05, 0.1) is 12.1 Å². The number of carbonyl (C=O) groups excluding carboxylic acids is 1. The Balaban J connectivity index is 1.40. The van der Waals surface area contributed by atoms with E-state index in [4.69, 9.17) is 0 Å². The minimum absolute atomic E-state index is 0.161. The Labute approximate surface area is 157 Å². The van der Waals surface area contributed by atoms with Crippen molar-refractivity contribution < 1.29 is 4.79 Å². The first kappa shape index (κ1) is 17.1. The van der Waals surface area contributed by atoms with Gasteiger partial charge in [0.1, 0.15) is 0 Å². The highest BCUT2D eigenvalue weighted by molar-refractivity contribution is 5.79. The quantitative estimate of drug-likeness (QED) is 0.753. The normalized spacial score (nSPS) is 16.3. The van der Waals surface area contributed by atoms with E-state index < -0.39 is 0 Å². The van der Waals surface area contributed by atoms with Crippen LogP contribution in [0.2, 0.25) is 0 Å². The van der Waals surface area contributed by atoms with E-state index in [0.29, 0.717) is 24.9 Å². The molecule has 4 rings (SSSR count). The van der Waals surface area contributed by atoms with Crippen LogP contribution in [0.15, 0.2) is 61.1 Å². The summed E-state index contributed by atoms with van der Waals surface area (Å²) in [7, 11) is 0. The van der Waals surface area contributed by atoms with Crippen molar-refractivity contribution in [2.45, 2.75) is 18.8 Å². The number of nitrogens with zero attached hydrogens (tertiary/aromatic N) is 5. The van der Waals surface area contributed by atoms with Crippen LogP contribution in [0.25, 0.3) is 0 Å². The number of hydrogen-bond donors (Lipinski definition) is 1. The second-order valence-electron chi connectivity index (χ2n) is 6.49. The largest absolute Gasteiger partial charge is 0.342 e. The molecule has 1 aliphatic heterocycles. The monoisotopic (exact) mass is 360 g/mol. The van der Waals surface area contributed by atoms with E-state index in [2.05, 4.69) is 25.3 Å². The molecule has 1 atom stereocenters. The molecule has 0 saturated carbocycles. The molecule has 3 aromatic rings. The fraction of sp³-hybridized carbons (Fsp3) is 0.250. The van der Waals surface area contributed by atoms with Crippen LogP contribution in [0.3, 0.4) is 0 Å². The van der Waals surface area contributed by atoms with Crippen molar-refractivity contribution in [3.05, 3.63) is 72.3 Å². The third-order valence-corrected chi connectivity index (χ3v) is 4.62. The Kier molecular flexibility index (Phi) is 5.00. The summed E-state index contributed by atoms with van der Waals surface area (Å²) in [6.45, 7) is 1.44. The van der Waals surface area contributed by atoms with Gasteiger partial charge < -0.3 is 4.90 Å². The minimum atomic E-state index is 0.161. The second kappa shape index (κ2) is 7.90. The number of hydrogen-bond acceptors (Lipinski definition) is 6. The molecule has 0 aliphatic carbocycles. The number of carbonyl (C=O) groups is 1. The predicted octanol–water partition coefficient (Wildman–Crippen LogP) is 2.57. The van der Waals surface area contributed by atoms with Crippen LogP contribution < -0.4 is 5.32 Å². The Morgan fingerprint density at radius 2 is 1.78 bits per heavy atom. The summed E-state index contributed by atoms with van der Waals surface area (Å²) in [6.07, 6.45) is 6.38. The molecule has 1 unspecified atom stereocenters. The van der Waals surface area contributed by atoms with Gasteiger partial charge in [0.25, 0.3) is 0 Å². The third-order valence-electron chi connectivity index (χ3n) is 4.62. The summed E-state index contributed by atoms with van der Waals surface area (Å²) in [4.78, 5) is 31.6. The van der Waals surface area contributed by atoms with Gasteiger partial charge in [-0.05, 0) is 24.1 Å². The molecular weight excluding hydrogens is 340 g/mol. The number of amides is 1. The number of nitrogens with one attached hydrogen (secondary N) is 1. The van der Waals surface area contributed by atoms with E-state index in [1.165, 1.54) is 0 Å². The maximum atomic E-state index is 12.6. The highest BCUT2D eigenvalue weighted by Crippen LogP contribution is 2.27. The Bertz CT molecular complexity index is 903. The Hall–Kier alpha value is -3.35. The van der Waals surface area contributed by atoms with Crippen molar-refractivity contribution in [1.82, 2.24) is 24.8 Å². The molecule has 1 N–H and O–H groups in total. The fourth-order valence-corrected chi connectivity index (χ4v) is 3.23. The van der Waals surface area contributed by atoms with E-state index in [1.54, 1.807) is 24.7 Å². The number of benzene rings is 1. The van der Waals surface area contributed by atoms with Crippen LogP contribution in [0, 0.1) is 0 Å². The molecule has 7 nitrogen and oxygen atoms in total. The molecule has 2 aromatic heterocycles. The number of anilines is 2. The van der Waals surface area contributed by atoms with Gasteiger partial charge >= 0.3 is 0 Å². The predicted molar refractivity (Wildman–Crippen MR) is 101 cm³/mol. The molecule has 1 fully saturated rings. The number of rotatable bonds is 5. The summed E-state index contributed by atoms with van der Waals surface area (Å²) in [5.41, 5.74) is 1.97. The molecule has 0 spiro atoms. The lowest BCUT2D eigenvalue weighted by atomic mass is 10.1. The van der Waals surface area contributed by atoms with Gasteiger partial charge in [-0.3, -0.25) is 10.1 Å². The summed E-state index contributed by atoms with van der Waals surface area (Å²) < 4.78 is 0. The van der Waals surface area contributed by atoms with Gasteiger partial charge in [-0.25, -0.2) is 19.9 Å². The molecule has 1 aromatic carbocycles. The number of likely N-dealkylation sites (tertiary alicyclic amines) is 1. The first-order valence-corrected chi connectivity index (χ1v) is 8.96. The molecule has 0 bridgehead atoms. The van der Waals surface area contributed by atoms with E-state index in [9.17, 15) is 4.79 Å². The maximum absolute atomic E-state index is 12.6. The van der Waals surface area contributed by atoms with Crippen LogP contribution in [0.1, 0.15) is 23.6 Å². The molecule has 1 aliphatic rings. The van der Waals surface area contributed by atoms with E-state index in [1.807, 2.05) is 41.3 Å². The molecule has 0 radical (unpaired) electrons. The minimum Gasteiger partial charge on any atom is -0.342 e. The summed E-state index contributed by atoms with van der Waals surface area (Å²) in [5, 5.41) is 3.01. The summed E-state index contributed by atoms with van der Waals surface area (Å²) in [6, 6.07) is 13.5. The van der Waals surface area contributed by atoms with Crippen LogP contribution in [0.4, 0.5) is 11.9 Å². The average Bonchev–Trinajstić information content (AvgIpc) is 3.20. The molecule has 136 valence electrons. The van der Waals surface area contributed by atoms with Gasteiger partial charge in [-0.2, -0.15) is 0 Å². The second-order valence-corrected chi connectivity index (χ2v) is 6.49. The number of aromatic nitrogens is 4. The van der Waals surface area contributed by atoms with Crippen molar-refractivity contribution >= 4 is 17.8 Å². The highest BCUT2D eigenvalue weighted by atomic mass is 16.2. The van der Waals surface area contributed by atoms with Crippen molar-refractivity contribution in [2.75, 3.05) is 18.4 Å². The van der Waals surface area contributed by atoms with Crippen LogP contribution in [0.5, 0.6) is 0 Å². The van der Waals surface area contributed by atoms with Gasteiger partial charge in [0.15, 0.2) is 0 Å². The van der Waals surface area contributed by atoms with Crippen molar-refractivity contribution in [2.24, 2.45) is 0 Å². The SMILES string of the molecule is O=C(Cc1ccccc1)N1CCC(c2ccnc(Nc3ncccn3)n2)C1. The third kappa shape index (κ3) is 4.25. The Morgan fingerprint density at radius 1 is 1.00 bits per heavy atom. The first-order chi connectivity index (χ1) is 13.3. The molecule has 1 amide bonds. The zero-order valence-electron chi connectivity index (χ0n) is 14.8. The standard InChI is InChI=1S/C20H20N6O/c27-18(13-15-5-2-1-3-6-15)26-12-8-16(14-26)17-7-11-23-20(24-17)25-19-21-9-4-10-22-19/h1-7,9-11,16H,8,12-14H2,(H,21,22,23,24,25). The molecule has 7 heteroatoms. The fourth-order valence-electron chi connectivity index (χ4n) is 3.23. The topological polar surface area (TPSA) is 83.9 Å². The van der Waals surface area contributed by atoms with E-state index in [-0.39, 0.29) is 11.8 Å². The zero-order chi connectivity index (χ0) is 18.5. The van der Waals surface area contributed by atoms with Gasteiger partial charge in [0.2, 0.25) is 17.8 Å². The lowest BCUT2D eigenvalue weighted by Gasteiger charge is -2.16. The summed E-state index contributed by atoms with van der Waals surface area (Å²) >= 11 is 0. The van der Waals surface area contributed by atoms with Crippen molar-refractivity contribution in [1.29, 1.82) is 0 Å². The zero-order valence-corrected chi connectivity index (χ0v) is 14.8. The first-order valence-electron chi connectivity index (χ1n) is 8.96. The van der Waals surface area contributed by atoms with Gasteiger partial charge in [-0.1, -0.05) is 30.3 Å². The lowest BCUT2D eigenvalue weighted by Crippen LogP contribution is -2.29. The van der Waals surface area contributed by atoms with Gasteiger partial charge in [0, 0.05) is 37.6 Å². The van der Waals surface area contributed by atoms with Crippen LogP contribution in [-0.4, -0.2) is 43.8 Å². The van der Waals surface area contributed by atoms with E-state index >= 15 is 0 Å². The van der Waals surface area contributed by atoms with Crippen molar-refractivity contribution in [3.8, 4) is 0 Å². The van der Waals surface area contributed by atoms with Crippen molar-refractivity contribution in [3.63, 3.8) is 0 Å². The van der Waals surface area contributed by atoms with Gasteiger partial charge in [-0.15, -0.1) is 0 Å². The van der Waals surface area contributed by atoms with Crippen LogP contribution >= 0.6 is 0 Å². The molecular formula is C20H20N6O. The smallest absolute Gasteiger partial charge is 0.229 e. The lowest BCUT2D eigenvalue weighted by molar-refractivity contribution is -0.129.